The molecule has 0 amide bonds. The lowest BCUT2D eigenvalue weighted by Gasteiger charge is -2.30. The van der Waals surface area contributed by atoms with Crippen LogP contribution in [0, 0.1) is 16.0 Å². The summed E-state index contributed by atoms with van der Waals surface area (Å²) in [6.45, 7) is 2.86. The van der Waals surface area contributed by atoms with Crippen LogP contribution in [-0.4, -0.2) is 32.5 Å². The van der Waals surface area contributed by atoms with Crippen LogP contribution in [0.5, 0.6) is 0 Å². The molecule has 1 fully saturated rings. The van der Waals surface area contributed by atoms with Crippen molar-refractivity contribution in [1.29, 1.82) is 0 Å². The van der Waals surface area contributed by atoms with E-state index in [2.05, 4.69) is 10.0 Å². The van der Waals surface area contributed by atoms with E-state index in [1.807, 2.05) is 0 Å². The lowest BCUT2D eigenvalue weighted by atomic mass is 9.97. The van der Waals surface area contributed by atoms with Crippen LogP contribution in [0.25, 0.3) is 0 Å². The first-order valence-corrected chi connectivity index (χ1v) is 8.59. The van der Waals surface area contributed by atoms with E-state index in [4.69, 9.17) is 0 Å². The first-order valence-electron chi connectivity index (χ1n) is 7.11. The Bertz CT molecular complexity index is 736. The van der Waals surface area contributed by atoms with Crippen molar-refractivity contribution >= 4 is 15.7 Å². The summed E-state index contributed by atoms with van der Waals surface area (Å²) in [5.41, 5.74) is -2.37. The summed E-state index contributed by atoms with van der Waals surface area (Å²) >= 11 is 0. The maximum atomic E-state index is 13.2. The van der Waals surface area contributed by atoms with Crippen LogP contribution in [0.2, 0.25) is 0 Å². The van der Waals surface area contributed by atoms with E-state index < -0.39 is 43.3 Å². The number of benzene rings is 1. The van der Waals surface area contributed by atoms with Gasteiger partial charge in [-0.05, 0) is 31.5 Å². The number of nitro benzene ring substituents is 1. The minimum Gasteiger partial charge on any atom is -0.316 e. The third-order valence-corrected chi connectivity index (χ3v) is 5.41. The maximum Gasteiger partial charge on any atom is 0.417 e. The minimum absolute atomic E-state index is 0.0964. The van der Waals surface area contributed by atoms with Crippen LogP contribution in [0.3, 0.4) is 0 Å². The zero-order valence-corrected chi connectivity index (χ0v) is 13.4. The van der Waals surface area contributed by atoms with Crippen LogP contribution in [-0.2, 0) is 16.2 Å². The van der Waals surface area contributed by atoms with E-state index in [0.29, 0.717) is 25.6 Å². The number of halogens is 3. The second-order valence-electron chi connectivity index (χ2n) is 5.63. The summed E-state index contributed by atoms with van der Waals surface area (Å²) in [6, 6.07) is 1.10. The van der Waals surface area contributed by atoms with Crippen molar-refractivity contribution in [2.75, 3.05) is 13.1 Å². The first-order chi connectivity index (χ1) is 11.0. The van der Waals surface area contributed by atoms with Crippen LogP contribution < -0.4 is 10.0 Å². The number of nitro groups is 1. The highest BCUT2D eigenvalue weighted by Crippen LogP contribution is 2.36. The number of hydrogen-bond acceptors (Lipinski definition) is 5. The quantitative estimate of drug-likeness (QED) is 0.625. The van der Waals surface area contributed by atoms with Crippen LogP contribution in [0.1, 0.15) is 18.9 Å². The van der Waals surface area contributed by atoms with Gasteiger partial charge in [0.1, 0.15) is 0 Å². The van der Waals surface area contributed by atoms with Gasteiger partial charge in [0.15, 0.2) is 0 Å². The molecule has 134 valence electrons. The molecular weight excluding hydrogens is 351 g/mol. The molecule has 2 rings (SSSR count). The summed E-state index contributed by atoms with van der Waals surface area (Å²) in [7, 11) is -4.47. The Morgan fingerprint density at radius 3 is 2.58 bits per heavy atom. The highest BCUT2D eigenvalue weighted by molar-refractivity contribution is 7.89. The van der Waals surface area contributed by atoms with Gasteiger partial charge in [0.25, 0.3) is 5.69 Å². The zero-order valence-electron chi connectivity index (χ0n) is 12.6. The number of nitrogens with zero attached hydrogens (tertiary/aromatic N) is 1. The maximum absolute atomic E-state index is 13.2. The van der Waals surface area contributed by atoms with E-state index >= 15 is 0 Å². The summed E-state index contributed by atoms with van der Waals surface area (Å²) < 4.78 is 66.5. The van der Waals surface area contributed by atoms with E-state index in [0.717, 1.165) is 6.07 Å². The highest BCUT2D eigenvalue weighted by Gasteiger charge is 2.39. The van der Waals surface area contributed by atoms with Gasteiger partial charge in [0.2, 0.25) is 10.0 Å². The van der Waals surface area contributed by atoms with Crippen LogP contribution in [0.15, 0.2) is 23.1 Å². The van der Waals surface area contributed by atoms with Crippen molar-refractivity contribution in [2.45, 2.75) is 30.5 Å². The van der Waals surface area contributed by atoms with E-state index in [1.165, 1.54) is 0 Å². The number of non-ortho nitro benzene ring substituents is 1. The van der Waals surface area contributed by atoms with Gasteiger partial charge in [-0.15, -0.1) is 0 Å². The van der Waals surface area contributed by atoms with Crippen molar-refractivity contribution < 1.29 is 26.5 Å². The molecule has 24 heavy (non-hydrogen) atoms. The molecule has 1 aromatic rings. The zero-order chi connectivity index (χ0) is 18.1. The Morgan fingerprint density at radius 1 is 1.38 bits per heavy atom. The number of alkyl halides is 3. The van der Waals surface area contributed by atoms with Gasteiger partial charge in [0, 0.05) is 18.2 Å². The molecule has 7 nitrogen and oxygen atoms in total. The Balaban J connectivity index is 2.43. The number of hydrogen-bond donors (Lipinski definition) is 2. The molecule has 0 radical (unpaired) electrons. The predicted molar refractivity (Wildman–Crippen MR) is 78.9 cm³/mol. The fraction of sp³-hybridized carbons (Fsp3) is 0.538. The lowest BCUT2D eigenvalue weighted by Crippen LogP contribution is -2.48. The van der Waals surface area contributed by atoms with E-state index in [-0.39, 0.29) is 12.0 Å². The van der Waals surface area contributed by atoms with Crippen molar-refractivity contribution in [1.82, 2.24) is 10.0 Å². The predicted octanol–water partition coefficient (Wildman–Crippen LogP) is 1.89. The van der Waals surface area contributed by atoms with Crippen LogP contribution in [0.4, 0.5) is 18.9 Å². The molecule has 0 bridgehead atoms. The number of piperidine rings is 1. The highest BCUT2D eigenvalue weighted by atomic mass is 32.2. The molecule has 0 spiro atoms. The SMILES string of the molecule is CC1CNCCC1NS(=O)(=O)c1ccc([N+](=O)[O-])cc1C(F)(F)F. The fourth-order valence-electron chi connectivity index (χ4n) is 2.54. The number of rotatable bonds is 4. The molecule has 0 saturated carbocycles. The molecule has 1 aliphatic heterocycles. The summed E-state index contributed by atoms with van der Waals surface area (Å²) in [4.78, 5) is 8.65. The molecule has 0 aliphatic carbocycles. The summed E-state index contributed by atoms with van der Waals surface area (Å²) in [5, 5.41) is 13.7. The summed E-state index contributed by atoms with van der Waals surface area (Å²) in [5.74, 6) is -0.0964. The van der Waals surface area contributed by atoms with Gasteiger partial charge in [-0.2, -0.15) is 13.2 Å². The fourth-order valence-corrected chi connectivity index (χ4v) is 4.13. The van der Waals surface area contributed by atoms with Crippen molar-refractivity contribution in [2.24, 2.45) is 5.92 Å². The Kier molecular flexibility index (Phi) is 5.16. The number of sulfonamides is 1. The Morgan fingerprint density at radius 2 is 2.04 bits per heavy atom. The van der Waals surface area contributed by atoms with E-state index in [1.54, 1.807) is 6.92 Å². The first kappa shape index (κ1) is 18.6. The van der Waals surface area contributed by atoms with Crippen LogP contribution >= 0.6 is 0 Å². The van der Waals surface area contributed by atoms with Crippen molar-refractivity contribution in [3.8, 4) is 0 Å². The molecule has 2 unspecified atom stereocenters. The molecule has 2 N–H and O–H groups in total. The van der Waals surface area contributed by atoms with Gasteiger partial charge in [-0.3, -0.25) is 10.1 Å². The Hall–Kier alpha value is -1.72. The van der Waals surface area contributed by atoms with Gasteiger partial charge in [-0.1, -0.05) is 6.92 Å². The van der Waals surface area contributed by atoms with Gasteiger partial charge in [0.05, 0.1) is 15.4 Å². The number of nitrogens with one attached hydrogen (secondary N) is 2. The molecule has 2 atom stereocenters. The monoisotopic (exact) mass is 367 g/mol. The third-order valence-electron chi connectivity index (χ3n) is 3.86. The molecule has 0 aromatic heterocycles. The Labute approximate surface area is 136 Å². The largest absolute Gasteiger partial charge is 0.417 e. The molecular formula is C13H16F3N3O4S. The average Bonchev–Trinajstić information content (AvgIpc) is 2.48. The standard InChI is InChI=1S/C13H16F3N3O4S/c1-8-7-17-5-4-11(8)18-24(22,23)12-3-2-9(19(20)21)6-10(12)13(14,15)16/h2-3,6,8,11,17-18H,4-5,7H2,1H3. The second-order valence-corrected chi connectivity index (χ2v) is 7.32. The molecule has 1 aliphatic rings. The van der Waals surface area contributed by atoms with Crippen molar-refractivity contribution in [3.63, 3.8) is 0 Å². The second kappa shape index (κ2) is 6.65. The smallest absolute Gasteiger partial charge is 0.316 e. The normalized spacial score (nSPS) is 22.3. The van der Waals surface area contributed by atoms with Gasteiger partial charge >= 0.3 is 6.18 Å². The lowest BCUT2D eigenvalue weighted by molar-refractivity contribution is -0.385. The summed E-state index contributed by atoms with van der Waals surface area (Å²) in [6.07, 6.45) is -4.59. The minimum atomic E-state index is -5.03. The molecule has 11 heteroatoms. The molecule has 1 aromatic carbocycles. The average molecular weight is 367 g/mol. The topological polar surface area (TPSA) is 101 Å². The van der Waals surface area contributed by atoms with Gasteiger partial charge in [-0.25, -0.2) is 13.1 Å². The van der Waals surface area contributed by atoms with E-state index in [9.17, 15) is 31.7 Å². The van der Waals surface area contributed by atoms with Gasteiger partial charge < -0.3 is 5.32 Å². The molecule has 1 saturated heterocycles. The third kappa shape index (κ3) is 4.02. The molecule has 1 heterocycles. The van der Waals surface area contributed by atoms with Crippen molar-refractivity contribution in [3.05, 3.63) is 33.9 Å².